The van der Waals surface area contributed by atoms with E-state index in [0.29, 0.717) is 17.2 Å². The second-order valence-electron chi connectivity index (χ2n) is 4.78. The number of aromatic amines is 2. The smallest absolute Gasteiger partial charge is 0.193 e. The average molecular weight is 290 g/mol. The Balaban J connectivity index is 1.84. The van der Waals surface area contributed by atoms with Crippen molar-refractivity contribution < 1.29 is 0 Å². The minimum atomic E-state index is 0.353. The molecular weight excluding hydrogens is 276 g/mol. The number of nitrogens with zero attached hydrogens (tertiary/aromatic N) is 3. The first kappa shape index (κ1) is 13.6. The van der Waals surface area contributed by atoms with Crippen LogP contribution in [0, 0.1) is 18.3 Å². The highest BCUT2D eigenvalue weighted by Gasteiger charge is 2.12. The third kappa shape index (κ3) is 2.88. The highest BCUT2D eigenvalue weighted by molar-refractivity contribution is 5.81. The molecule has 0 saturated carbocycles. The van der Waals surface area contributed by atoms with Crippen LogP contribution in [0.4, 0.5) is 17.3 Å². The summed E-state index contributed by atoms with van der Waals surface area (Å²) in [5, 5.41) is 19.4. The molecule has 6 heteroatoms. The molecule has 0 radical (unpaired) electrons. The third-order valence-electron chi connectivity index (χ3n) is 3.13. The second-order valence-corrected chi connectivity index (χ2v) is 4.78. The van der Waals surface area contributed by atoms with Gasteiger partial charge in [0.15, 0.2) is 5.82 Å². The number of hydrogen-bond acceptors (Lipinski definition) is 4. The predicted molar refractivity (Wildman–Crippen MR) is 85.8 cm³/mol. The number of aliphatic imine (C=N–C) groups is 1. The molecule has 1 aromatic carbocycles. The monoisotopic (exact) mass is 290 g/mol. The van der Waals surface area contributed by atoms with Gasteiger partial charge in [0.2, 0.25) is 0 Å². The van der Waals surface area contributed by atoms with Crippen LogP contribution in [0.3, 0.4) is 0 Å². The maximum atomic E-state index is 9.34. The van der Waals surface area contributed by atoms with Crippen molar-refractivity contribution in [2.75, 3.05) is 5.32 Å². The van der Waals surface area contributed by atoms with Crippen LogP contribution in [-0.4, -0.2) is 21.4 Å². The van der Waals surface area contributed by atoms with E-state index in [1.807, 2.05) is 49.5 Å². The number of aryl methyl sites for hydroxylation is 1. The summed E-state index contributed by atoms with van der Waals surface area (Å²) in [4.78, 5) is 7.25. The summed E-state index contributed by atoms with van der Waals surface area (Å²) in [7, 11) is 0. The first-order valence-electron chi connectivity index (χ1n) is 6.76. The van der Waals surface area contributed by atoms with E-state index >= 15 is 0 Å². The van der Waals surface area contributed by atoms with E-state index in [9.17, 15) is 5.26 Å². The highest BCUT2D eigenvalue weighted by Crippen LogP contribution is 2.25. The first-order valence-corrected chi connectivity index (χ1v) is 6.76. The van der Waals surface area contributed by atoms with Crippen LogP contribution in [0.2, 0.25) is 0 Å². The zero-order valence-electron chi connectivity index (χ0n) is 12.0. The summed E-state index contributed by atoms with van der Waals surface area (Å²) >= 11 is 0. The second kappa shape index (κ2) is 5.97. The molecular formula is C16H14N6. The van der Waals surface area contributed by atoms with Crippen LogP contribution in [0.15, 0.2) is 47.6 Å². The Labute approximate surface area is 127 Å². The largest absolute Gasteiger partial charge is 0.360 e. The third-order valence-corrected chi connectivity index (χ3v) is 3.13. The molecule has 0 aliphatic rings. The fourth-order valence-corrected chi connectivity index (χ4v) is 1.96. The molecule has 0 saturated heterocycles. The van der Waals surface area contributed by atoms with E-state index < -0.39 is 0 Å². The first-order chi connectivity index (χ1) is 10.8. The molecule has 0 amide bonds. The van der Waals surface area contributed by atoms with Crippen molar-refractivity contribution in [2.24, 2.45) is 4.99 Å². The lowest BCUT2D eigenvalue weighted by Crippen LogP contribution is -1.92. The lowest BCUT2D eigenvalue weighted by molar-refractivity contribution is 1.09. The molecule has 0 aliphatic heterocycles. The van der Waals surface area contributed by atoms with Crippen molar-refractivity contribution in [2.45, 2.75) is 6.92 Å². The van der Waals surface area contributed by atoms with Gasteiger partial charge >= 0.3 is 0 Å². The number of hydrogen-bond donors (Lipinski definition) is 3. The molecule has 0 aliphatic carbocycles. The Bertz CT molecular complexity index is 819. The lowest BCUT2D eigenvalue weighted by Gasteiger charge is -2.03. The maximum Gasteiger partial charge on any atom is 0.193 e. The number of H-pyrrole nitrogens is 2. The van der Waals surface area contributed by atoms with E-state index in [-0.39, 0.29) is 0 Å². The predicted octanol–water partition coefficient (Wildman–Crippen LogP) is 3.41. The Hall–Kier alpha value is -3.33. The Morgan fingerprint density at radius 3 is 2.77 bits per heavy atom. The topological polar surface area (TPSA) is 92.7 Å². The molecule has 0 spiro atoms. The normalized spacial score (nSPS) is 10.7. The SMILES string of the molecule is Cc1ccc(Nc2[nH]nc(N=Cc3ccc[nH]3)c2C#N)cc1. The molecule has 3 rings (SSSR count). The van der Waals surface area contributed by atoms with Gasteiger partial charge in [-0.05, 0) is 31.2 Å². The van der Waals surface area contributed by atoms with Gasteiger partial charge in [-0.2, -0.15) is 10.4 Å². The Kier molecular flexibility index (Phi) is 3.70. The molecule has 2 heterocycles. The van der Waals surface area contributed by atoms with Gasteiger partial charge in [0.25, 0.3) is 0 Å². The van der Waals surface area contributed by atoms with Gasteiger partial charge in [-0.3, -0.25) is 5.10 Å². The van der Waals surface area contributed by atoms with Crippen molar-refractivity contribution >= 4 is 23.5 Å². The van der Waals surface area contributed by atoms with Gasteiger partial charge < -0.3 is 10.3 Å². The number of rotatable bonds is 4. The van der Waals surface area contributed by atoms with Crippen LogP contribution >= 0.6 is 0 Å². The van der Waals surface area contributed by atoms with Crippen molar-refractivity contribution in [1.82, 2.24) is 15.2 Å². The van der Waals surface area contributed by atoms with Crippen LogP contribution in [0.25, 0.3) is 0 Å². The quantitative estimate of drug-likeness (QED) is 0.643. The van der Waals surface area contributed by atoms with E-state index in [2.05, 4.69) is 31.6 Å². The molecule has 0 fully saturated rings. The molecule has 3 N–H and O–H groups in total. The summed E-state index contributed by atoms with van der Waals surface area (Å²) in [5.74, 6) is 0.886. The number of anilines is 2. The van der Waals surface area contributed by atoms with Gasteiger partial charge in [-0.1, -0.05) is 17.7 Å². The summed E-state index contributed by atoms with van der Waals surface area (Å²) in [6, 6.07) is 13.8. The van der Waals surface area contributed by atoms with Crippen LogP contribution in [0.5, 0.6) is 0 Å². The zero-order chi connectivity index (χ0) is 15.4. The van der Waals surface area contributed by atoms with Gasteiger partial charge in [0.1, 0.15) is 17.5 Å². The summed E-state index contributed by atoms with van der Waals surface area (Å²) in [5.41, 5.74) is 3.28. The van der Waals surface area contributed by atoms with Gasteiger partial charge in [0, 0.05) is 11.9 Å². The molecule has 108 valence electrons. The standard InChI is InChI=1S/C16H14N6/c1-11-4-6-12(7-5-11)20-16-14(9-17)15(21-22-16)19-10-13-3-2-8-18-13/h2-8,10,18H,1H3,(H2,20,21,22). The molecule has 6 nitrogen and oxygen atoms in total. The van der Waals surface area contributed by atoms with Crippen molar-refractivity contribution in [1.29, 1.82) is 5.26 Å². The number of aromatic nitrogens is 3. The molecule has 22 heavy (non-hydrogen) atoms. The molecule has 0 bridgehead atoms. The number of nitrogens with one attached hydrogen (secondary N) is 3. The van der Waals surface area contributed by atoms with E-state index in [4.69, 9.17) is 0 Å². The molecule has 2 aromatic heterocycles. The molecule has 0 unspecified atom stereocenters. The zero-order valence-corrected chi connectivity index (χ0v) is 12.0. The Morgan fingerprint density at radius 1 is 1.27 bits per heavy atom. The van der Waals surface area contributed by atoms with Gasteiger partial charge in [-0.25, -0.2) is 4.99 Å². The Morgan fingerprint density at radius 2 is 2.09 bits per heavy atom. The summed E-state index contributed by atoms with van der Waals surface area (Å²) in [6.45, 7) is 2.02. The molecule has 0 atom stereocenters. The van der Waals surface area contributed by atoms with Gasteiger partial charge in [-0.15, -0.1) is 0 Å². The van der Waals surface area contributed by atoms with E-state index in [0.717, 1.165) is 11.4 Å². The van der Waals surface area contributed by atoms with Gasteiger partial charge in [0.05, 0.1) is 11.9 Å². The van der Waals surface area contributed by atoms with E-state index in [1.165, 1.54) is 5.56 Å². The fourth-order valence-electron chi connectivity index (χ4n) is 1.96. The number of benzene rings is 1. The number of nitriles is 1. The summed E-state index contributed by atoms with van der Waals surface area (Å²) < 4.78 is 0. The van der Waals surface area contributed by atoms with Crippen molar-refractivity contribution in [3.63, 3.8) is 0 Å². The maximum absolute atomic E-state index is 9.34. The lowest BCUT2D eigenvalue weighted by atomic mass is 10.2. The minimum Gasteiger partial charge on any atom is -0.360 e. The molecule has 3 aromatic rings. The average Bonchev–Trinajstić information content (AvgIpc) is 3.17. The highest BCUT2D eigenvalue weighted by atomic mass is 15.2. The van der Waals surface area contributed by atoms with Crippen molar-refractivity contribution in [3.8, 4) is 6.07 Å². The van der Waals surface area contributed by atoms with Crippen LogP contribution in [0.1, 0.15) is 16.8 Å². The fraction of sp³-hybridized carbons (Fsp3) is 0.0625. The van der Waals surface area contributed by atoms with Crippen molar-refractivity contribution in [3.05, 3.63) is 59.4 Å². The minimum absolute atomic E-state index is 0.353. The van der Waals surface area contributed by atoms with Crippen LogP contribution in [-0.2, 0) is 0 Å². The van der Waals surface area contributed by atoms with E-state index in [1.54, 1.807) is 6.21 Å². The summed E-state index contributed by atoms with van der Waals surface area (Å²) in [6.07, 6.45) is 3.44. The van der Waals surface area contributed by atoms with Crippen LogP contribution < -0.4 is 5.32 Å².